The topological polar surface area (TPSA) is 72.4 Å². The van der Waals surface area contributed by atoms with Gasteiger partial charge in [-0.3, -0.25) is 4.98 Å². The van der Waals surface area contributed by atoms with Crippen LogP contribution in [-0.4, -0.2) is 66.8 Å². The van der Waals surface area contributed by atoms with E-state index >= 15 is 0 Å². The maximum atomic E-state index is 6.03. The Morgan fingerprint density at radius 1 is 1.50 bits per heavy atom. The minimum absolute atomic E-state index is 0.0661. The maximum absolute atomic E-state index is 6.03. The molecule has 0 amide bonds. The number of nitrogens with zero attached hydrogens (tertiary/aromatic N) is 4. The van der Waals surface area contributed by atoms with Gasteiger partial charge in [0.05, 0.1) is 18.2 Å². The van der Waals surface area contributed by atoms with Crippen LogP contribution in [0.1, 0.15) is 0 Å². The highest BCUT2D eigenvalue weighted by atomic mass is 35.5. The van der Waals surface area contributed by atoms with Crippen LogP contribution in [0, 0.1) is 0 Å². The average Bonchev–Trinajstić information content (AvgIpc) is 2.53. The molecule has 0 saturated carbocycles. The Kier molecular flexibility index (Phi) is 5.04. The van der Waals surface area contributed by atoms with Gasteiger partial charge in [-0.05, 0) is 0 Å². The van der Waals surface area contributed by atoms with Gasteiger partial charge in [0.2, 0.25) is 0 Å². The van der Waals surface area contributed by atoms with Crippen LogP contribution in [0.5, 0.6) is 0 Å². The summed E-state index contributed by atoms with van der Waals surface area (Å²) >= 11 is 6.03. The molecule has 1 saturated heterocycles. The molecule has 1 aliphatic heterocycles. The zero-order valence-electron chi connectivity index (χ0n) is 12.3. The van der Waals surface area contributed by atoms with E-state index in [2.05, 4.69) is 25.1 Å². The predicted octanol–water partition coefficient (Wildman–Crippen LogP) is 0.704. The van der Waals surface area contributed by atoms with Crippen LogP contribution >= 0.6 is 11.6 Å². The molecule has 22 heavy (non-hydrogen) atoms. The van der Waals surface area contributed by atoms with Gasteiger partial charge in [0, 0.05) is 45.2 Å². The molecule has 1 fully saturated rings. The number of aromatic nitrogens is 3. The lowest BCUT2D eigenvalue weighted by molar-refractivity contribution is 0.00224. The van der Waals surface area contributed by atoms with Gasteiger partial charge in [-0.25, -0.2) is 9.97 Å². The first-order valence-corrected chi connectivity index (χ1v) is 7.48. The van der Waals surface area contributed by atoms with E-state index in [-0.39, 0.29) is 6.10 Å². The third kappa shape index (κ3) is 3.64. The predicted molar refractivity (Wildman–Crippen MR) is 86.3 cm³/mol. The van der Waals surface area contributed by atoms with Gasteiger partial charge in [0.25, 0.3) is 0 Å². The van der Waals surface area contributed by atoms with Crippen molar-refractivity contribution in [3.05, 3.63) is 23.6 Å². The number of morpholine rings is 1. The molecule has 3 heterocycles. The van der Waals surface area contributed by atoms with Gasteiger partial charge in [0.15, 0.2) is 5.82 Å². The van der Waals surface area contributed by atoms with Crippen molar-refractivity contribution >= 4 is 36.1 Å². The molecule has 1 aliphatic rings. The zero-order chi connectivity index (χ0) is 15.4. The van der Waals surface area contributed by atoms with E-state index in [1.165, 1.54) is 0 Å². The molecule has 0 aromatic carbocycles. The standard InChI is InChI=1S/C13H17BClN5O2/c1-21-14-20-4-5-22-9(8-20)7-18-13-12-10(6-11(15)19-13)16-2-3-17-12/h2-3,6,9,14H,4-5,7-8H2,1H3,(H,18,19)/t9-/m1/s1. The Balaban J connectivity index is 1.68. The fraction of sp³-hybridized carbons (Fsp3) is 0.462. The molecular weight excluding hydrogens is 304 g/mol. The first-order valence-electron chi connectivity index (χ1n) is 7.10. The van der Waals surface area contributed by atoms with Crippen molar-refractivity contribution < 1.29 is 9.39 Å². The molecule has 0 aliphatic carbocycles. The Labute approximate surface area is 134 Å². The van der Waals surface area contributed by atoms with Crippen LogP contribution in [0.3, 0.4) is 0 Å². The molecule has 2 aromatic heterocycles. The molecular formula is C13H17BClN5O2. The molecule has 0 unspecified atom stereocenters. The van der Waals surface area contributed by atoms with E-state index in [9.17, 15) is 0 Å². The molecule has 0 bridgehead atoms. The SMILES string of the molecule is COBN1CCO[C@H](CNc2nc(Cl)cc3nccnc23)C1. The highest BCUT2D eigenvalue weighted by Crippen LogP contribution is 2.21. The number of pyridine rings is 1. The summed E-state index contributed by atoms with van der Waals surface area (Å²) in [5.41, 5.74) is 1.42. The van der Waals surface area contributed by atoms with E-state index in [4.69, 9.17) is 21.0 Å². The smallest absolute Gasteiger partial charge is 0.363 e. The van der Waals surface area contributed by atoms with Gasteiger partial charge >= 0.3 is 7.62 Å². The zero-order valence-corrected chi connectivity index (χ0v) is 13.1. The second-order valence-electron chi connectivity index (χ2n) is 5.09. The van der Waals surface area contributed by atoms with Gasteiger partial charge in [-0.2, -0.15) is 0 Å². The second-order valence-corrected chi connectivity index (χ2v) is 5.47. The molecule has 1 atom stereocenters. The fourth-order valence-electron chi connectivity index (χ4n) is 2.48. The van der Waals surface area contributed by atoms with Crippen molar-refractivity contribution in [1.29, 1.82) is 0 Å². The molecule has 2 aromatic rings. The second kappa shape index (κ2) is 7.19. The summed E-state index contributed by atoms with van der Waals surface area (Å²) in [6.45, 7) is 3.01. The van der Waals surface area contributed by atoms with Crippen molar-refractivity contribution in [2.45, 2.75) is 6.10 Å². The van der Waals surface area contributed by atoms with Crippen LogP contribution in [0.4, 0.5) is 5.82 Å². The fourth-order valence-corrected chi connectivity index (χ4v) is 2.67. The van der Waals surface area contributed by atoms with Gasteiger partial charge in [-0.15, -0.1) is 0 Å². The van der Waals surface area contributed by atoms with Crippen molar-refractivity contribution in [1.82, 2.24) is 19.8 Å². The van der Waals surface area contributed by atoms with Gasteiger partial charge in [-0.1, -0.05) is 11.6 Å². The first-order chi connectivity index (χ1) is 10.8. The summed E-state index contributed by atoms with van der Waals surface area (Å²) in [6.07, 6.45) is 3.34. The summed E-state index contributed by atoms with van der Waals surface area (Å²) in [4.78, 5) is 15.1. The number of hydrogen-bond donors (Lipinski definition) is 1. The largest absolute Gasteiger partial charge is 0.427 e. The monoisotopic (exact) mass is 321 g/mol. The third-order valence-electron chi connectivity index (χ3n) is 3.46. The lowest BCUT2D eigenvalue weighted by Gasteiger charge is -2.32. The van der Waals surface area contributed by atoms with E-state index < -0.39 is 0 Å². The number of halogens is 1. The van der Waals surface area contributed by atoms with Crippen LogP contribution < -0.4 is 5.32 Å². The minimum Gasteiger partial charge on any atom is -0.427 e. The molecule has 116 valence electrons. The van der Waals surface area contributed by atoms with Crippen LogP contribution in [0.15, 0.2) is 18.5 Å². The number of anilines is 1. The summed E-state index contributed by atoms with van der Waals surface area (Å²) in [6, 6.07) is 1.70. The van der Waals surface area contributed by atoms with E-state index in [1.54, 1.807) is 25.6 Å². The van der Waals surface area contributed by atoms with E-state index in [0.29, 0.717) is 37.3 Å². The lowest BCUT2D eigenvalue weighted by Crippen LogP contribution is -2.47. The Morgan fingerprint density at radius 3 is 3.23 bits per heavy atom. The Hall–Kier alpha value is -1.48. The van der Waals surface area contributed by atoms with Gasteiger partial charge < -0.3 is 19.5 Å². The van der Waals surface area contributed by atoms with Gasteiger partial charge in [0.1, 0.15) is 10.7 Å². The molecule has 9 heteroatoms. The molecule has 0 radical (unpaired) electrons. The number of nitrogens with one attached hydrogen (secondary N) is 1. The summed E-state index contributed by atoms with van der Waals surface area (Å²) in [5, 5.41) is 3.66. The summed E-state index contributed by atoms with van der Waals surface area (Å²) < 4.78 is 10.9. The number of fused-ring (bicyclic) bond motifs is 1. The van der Waals surface area contributed by atoms with Crippen LogP contribution in [0.2, 0.25) is 5.15 Å². The van der Waals surface area contributed by atoms with Crippen molar-refractivity contribution in [3.8, 4) is 0 Å². The lowest BCUT2D eigenvalue weighted by atomic mass is 10.1. The van der Waals surface area contributed by atoms with Crippen LogP contribution in [0.25, 0.3) is 11.0 Å². The molecule has 3 rings (SSSR count). The normalized spacial score (nSPS) is 19.3. The molecule has 1 N–H and O–H groups in total. The number of ether oxygens (including phenoxy) is 1. The number of rotatable bonds is 5. The van der Waals surface area contributed by atoms with Crippen molar-refractivity contribution in [2.75, 3.05) is 38.7 Å². The highest BCUT2D eigenvalue weighted by molar-refractivity contribution is 6.30. The van der Waals surface area contributed by atoms with E-state index in [0.717, 1.165) is 18.6 Å². The highest BCUT2D eigenvalue weighted by Gasteiger charge is 2.21. The van der Waals surface area contributed by atoms with Crippen molar-refractivity contribution in [2.24, 2.45) is 0 Å². The Bertz CT molecular complexity index is 645. The first kappa shape index (κ1) is 15.4. The van der Waals surface area contributed by atoms with Crippen LogP contribution in [-0.2, 0) is 9.39 Å². The molecule has 7 nitrogen and oxygen atoms in total. The minimum atomic E-state index is 0.0661. The maximum Gasteiger partial charge on any atom is 0.363 e. The van der Waals surface area contributed by atoms with E-state index in [1.807, 2.05) is 0 Å². The molecule has 0 spiro atoms. The Morgan fingerprint density at radius 2 is 2.36 bits per heavy atom. The third-order valence-corrected chi connectivity index (χ3v) is 3.65. The summed E-state index contributed by atoms with van der Waals surface area (Å²) in [7, 11) is 2.31. The van der Waals surface area contributed by atoms with Crippen molar-refractivity contribution in [3.63, 3.8) is 0 Å². The number of hydrogen-bond acceptors (Lipinski definition) is 7. The summed E-state index contributed by atoms with van der Waals surface area (Å²) in [5.74, 6) is 0.628. The average molecular weight is 322 g/mol. The quantitative estimate of drug-likeness (QED) is 0.642.